The zero-order valence-corrected chi connectivity index (χ0v) is 12.9. The van der Waals surface area contributed by atoms with E-state index >= 15 is 0 Å². The molecule has 0 aliphatic carbocycles. The lowest BCUT2D eigenvalue weighted by Crippen LogP contribution is -2.44. The number of para-hydroxylation sites is 1. The summed E-state index contributed by atoms with van der Waals surface area (Å²) in [5.41, 5.74) is 7.54. The fourth-order valence-corrected chi connectivity index (χ4v) is 3.79. The van der Waals surface area contributed by atoms with Gasteiger partial charge in [-0.2, -0.15) is 0 Å². The van der Waals surface area contributed by atoms with Crippen LogP contribution >= 0.6 is 0 Å². The van der Waals surface area contributed by atoms with Gasteiger partial charge in [0, 0.05) is 43.3 Å². The van der Waals surface area contributed by atoms with E-state index in [4.69, 9.17) is 15.2 Å². The van der Waals surface area contributed by atoms with Crippen LogP contribution < -0.4 is 10.5 Å². The Balaban J connectivity index is 1.89. The Bertz CT molecular complexity index is 472. The SMILES string of the molecule is COc1ccccc1C1(CN2CCC(N)C2)CCOCC1. The molecule has 1 aromatic rings. The lowest BCUT2D eigenvalue weighted by molar-refractivity contribution is 0.0360. The van der Waals surface area contributed by atoms with Gasteiger partial charge in [-0.05, 0) is 31.9 Å². The third-order valence-electron chi connectivity index (χ3n) is 4.96. The molecule has 2 N–H and O–H groups in total. The van der Waals surface area contributed by atoms with Crippen molar-refractivity contribution in [1.82, 2.24) is 4.90 Å². The largest absolute Gasteiger partial charge is 0.496 e. The summed E-state index contributed by atoms with van der Waals surface area (Å²) in [5.74, 6) is 1.00. The summed E-state index contributed by atoms with van der Waals surface area (Å²) >= 11 is 0. The van der Waals surface area contributed by atoms with Crippen molar-refractivity contribution < 1.29 is 9.47 Å². The fraction of sp³-hybridized carbons (Fsp3) is 0.647. The highest BCUT2D eigenvalue weighted by atomic mass is 16.5. The van der Waals surface area contributed by atoms with Crippen LogP contribution in [0.1, 0.15) is 24.8 Å². The maximum Gasteiger partial charge on any atom is 0.122 e. The summed E-state index contributed by atoms with van der Waals surface area (Å²) in [4.78, 5) is 2.52. The van der Waals surface area contributed by atoms with Crippen LogP contribution in [0.3, 0.4) is 0 Å². The summed E-state index contributed by atoms with van der Waals surface area (Å²) < 4.78 is 11.2. The second kappa shape index (κ2) is 6.34. The molecule has 21 heavy (non-hydrogen) atoms. The summed E-state index contributed by atoms with van der Waals surface area (Å²) in [7, 11) is 1.76. The highest BCUT2D eigenvalue weighted by Crippen LogP contribution is 2.40. The Morgan fingerprint density at radius 2 is 2.10 bits per heavy atom. The first-order valence-electron chi connectivity index (χ1n) is 7.93. The van der Waals surface area contributed by atoms with E-state index in [9.17, 15) is 0 Å². The van der Waals surface area contributed by atoms with Gasteiger partial charge in [-0.25, -0.2) is 0 Å². The molecule has 1 unspecified atom stereocenters. The Morgan fingerprint density at radius 3 is 2.76 bits per heavy atom. The molecule has 4 heteroatoms. The fourth-order valence-electron chi connectivity index (χ4n) is 3.79. The number of nitrogens with two attached hydrogens (primary N) is 1. The van der Waals surface area contributed by atoms with Crippen molar-refractivity contribution in [3.05, 3.63) is 29.8 Å². The standard InChI is InChI=1S/C17H26N2O2/c1-20-16-5-3-2-4-15(16)17(7-10-21-11-8-17)13-19-9-6-14(18)12-19/h2-5,14H,6-13,18H2,1H3. The molecule has 1 atom stereocenters. The monoisotopic (exact) mass is 290 g/mol. The highest BCUT2D eigenvalue weighted by Gasteiger charge is 2.39. The number of rotatable bonds is 4. The van der Waals surface area contributed by atoms with Gasteiger partial charge in [0.1, 0.15) is 5.75 Å². The second-order valence-corrected chi connectivity index (χ2v) is 6.38. The lowest BCUT2D eigenvalue weighted by atomic mass is 9.73. The van der Waals surface area contributed by atoms with Gasteiger partial charge in [-0.15, -0.1) is 0 Å². The lowest BCUT2D eigenvalue weighted by Gasteiger charge is -2.41. The van der Waals surface area contributed by atoms with E-state index in [1.54, 1.807) is 7.11 Å². The van der Waals surface area contributed by atoms with E-state index in [-0.39, 0.29) is 5.41 Å². The predicted molar refractivity (Wildman–Crippen MR) is 83.8 cm³/mol. The molecule has 2 fully saturated rings. The van der Waals surface area contributed by atoms with E-state index in [0.717, 1.165) is 57.9 Å². The normalized spacial score (nSPS) is 25.9. The van der Waals surface area contributed by atoms with Crippen molar-refractivity contribution in [2.24, 2.45) is 5.73 Å². The van der Waals surface area contributed by atoms with Crippen LogP contribution in [0.4, 0.5) is 0 Å². The molecule has 0 bridgehead atoms. The topological polar surface area (TPSA) is 47.7 Å². The van der Waals surface area contributed by atoms with Crippen molar-refractivity contribution in [2.45, 2.75) is 30.7 Å². The third kappa shape index (κ3) is 3.07. The van der Waals surface area contributed by atoms with Crippen LogP contribution in [0.5, 0.6) is 5.75 Å². The van der Waals surface area contributed by atoms with E-state index < -0.39 is 0 Å². The van der Waals surface area contributed by atoms with Gasteiger partial charge < -0.3 is 20.1 Å². The van der Waals surface area contributed by atoms with Crippen molar-refractivity contribution in [3.8, 4) is 5.75 Å². The summed E-state index contributed by atoms with van der Waals surface area (Å²) in [6.45, 7) is 4.84. The number of methoxy groups -OCH3 is 1. The molecule has 2 aliphatic rings. The van der Waals surface area contributed by atoms with Gasteiger partial charge in [0.25, 0.3) is 0 Å². The molecule has 0 spiro atoms. The molecular formula is C17H26N2O2. The molecular weight excluding hydrogens is 264 g/mol. The quantitative estimate of drug-likeness (QED) is 0.918. The number of benzene rings is 1. The number of hydrogen-bond acceptors (Lipinski definition) is 4. The van der Waals surface area contributed by atoms with Gasteiger partial charge in [0.2, 0.25) is 0 Å². The van der Waals surface area contributed by atoms with E-state index in [2.05, 4.69) is 23.1 Å². The van der Waals surface area contributed by atoms with Crippen LogP contribution in [-0.2, 0) is 10.2 Å². The predicted octanol–water partition coefficient (Wildman–Crippen LogP) is 1.78. The Kier molecular flexibility index (Phi) is 4.48. The molecule has 2 heterocycles. The first-order chi connectivity index (χ1) is 10.2. The number of likely N-dealkylation sites (tertiary alicyclic amines) is 1. The van der Waals surface area contributed by atoms with E-state index in [1.807, 2.05) is 6.07 Å². The zero-order chi connectivity index (χ0) is 14.7. The molecule has 3 rings (SSSR count). The Labute approximate surface area is 127 Å². The molecule has 0 aromatic heterocycles. The summed E-state index contributed by atoms with van der Waals surface area (Å²) in [6.07, 6.45) is 3.22. The first-order valence-corrected chi connectivity index (χ1v) is 7.93. The molecule has 2 saturated heterocycles. The van der Waals surface area contributed by atoms with E-state index in [0.29, 0.717) is 6.04 Å². The van der Waals surface area contributed by atoms with Crippen LogP contribution in [-0.4, -0.2) is 50.9 Å². The van der Waals surface area contributed by atoms with Crippen molar-refractivity contribution in [3.63, 3.8) is 0 Å². The molecule has 116 valence electrons. The number of hydrogen-bond donors (Lipinski definition) is 1. The number of nitrogens with zero attached hydrogens (tertiary/aromatic N) is 1. The van der Waals surface area contributed by atoms with Gasteiger partial charge in [0.15, 0.2) is 0 Å². The Morgan fingerprint density at radius 1 is 1.33 bits per heavy atom. The van der Waals surface area contributed by atoms with Crippen molar-refractivity contribution in [1.29, 1.82) is 0 Å². The Hall–Kier alpha value is -1.10. The first kappa shape index (κ1) is 14.8. The third-order valence-corrected chi connectivity index (χ3v) is 4.96. The van der Waals surface area contributed by atoms with Crippen LogP contribution in [0.2, 0.25) is 0 Å². The molecule has 4 nitrogen and oxygen atoms in total. The van der Waals surface area contributed by atoms with Crippen molar-refractivity contribution in [2.75, 3.05) is 40.0 Å². The molecule has 0 saturated carbocycles. The molecule has 1 aromatic carbocycles. The minimum absolute atomic E-state index is 0.134. The van der Waals surface area contributed by atoms with Gasteiger partial charge >= 0.3 is 0 Å². The second-order valence-electron chi connectivity index (χ2n) is 6.38. The minimum atomic E-state index is 0.134. The smallest absolute Gasteiger partial charge is 0.122 e. The molecule has 0 radical (unpaired) electrons. The highest BCUT2D eigenvalue weighted by molar-refractivity contribution is 5.40. The van der Waals surface area contributed by atoms with Crippen LogP contribution in [0.25, 0.3) is 0 Å². The van der Waals surface area contributed by atoms with Gasteiger partial charge in [-0.1, -0.05) is 18.2 Å². The van der Waals surface area contributed by atoms with Crippen molar-refractivity contribution >= 4 is 0 Å². The summed E-state index contributed by atoms with van der Waals surface area (Å²) in [5, 5.41) is 0. The van der Waals surface area contributed by atoms with Crippen LogP contribution in [0.15, 0.2) is 24.3 Å². The van der Waals surface area contributed by atoms with Crippen LogP contribution in [0, 0.1) is 0 Å². The maximum atomic E-state index is 6.08. The zero-order valence-electron chi connectivity index (χ0n) is 12.9. The maximum absolute atomic E-state index is 6.08. The average molecular weight is 290 g/mol. The van der Waals surface area contributed by atoms with Gasteiger partial charge in [-0.3, -0.25) is 0 Å². The minimum Gasteiger partial charge on any atom is -0.496 e. The van der Waals surface area contributed by atoms with Gasteiger partial charge in [0.05, 0.1) is 7.11 Å². The number of ether oxygens (including phenoxy) is 2. The van der Waals surface area contributed by atoms with E-state index in [1.165, 1.54) is 5.56 Å². The molecule has 2 aliphatic heterocycles. The average Bonchev–Trinajstić information content (AvgIpc) is 2.93. The molecule has 0 amide bonds. The summed E-state index contributed by atoms with van der Waals surface area (Å²) in [6, 6.07) is 8.79.